The van der Waals surface area contributed by atoms with Gasteiger partial charge in [-0.2, -0.15) is 0 Å². The van der Waals surface area contributed by atoms with Crippen molar-refractivity contribution in [1.29, 1.82) is 0 Å². The minimum absolute atomic E-state index is 0.0238. The van der Waals surface area contributed by atoms with Crippen LogP contribution in [0.4, 0.5) is 0 Å². The number of thiazole rings is 1. The molecule has 0 aliphatic carbocycles. The molecule has 1 N–H and O–H groups in total. The Balaban J connectivity index is 2.41. The van der Waals surface area contributed by atoms with E-state index < -0.39 is 0 Å². The number of aromatic nitrogens is 1. The lowest BCUT2D eigenvalue weighted by atomic mass is 10.5. The van der Waals surface area contributed by atoms with E-state index in [2.05, 4.69) is 20.9 Å². The van der Waals surface area contributed by atoms with Gasteiger partial charge in [-0.05, 0) is 22.0 Å². The number of aliphatic hydroxyl groups excluding tert-OH is 1. The van der Waals surface area contributed by atoms with Crippen LogP contribution in [-0.4, -0.2) is 10.1 Å². The molecule has 2 heterocycles. The monoisotopic (exact) mass is 259 g/mol. The molecule has 0 atom stereocenters. The van der Waals surface area contributed by atoms with Crippen LogP contribution in [-0.2, 0) is 6.61 Å². The van der Waals surface area contributed by atoms with Gasteiger partial charge in [-0.3, -0.25) is 0 Å². The molecule has 0 aliphatic rings. The zero-order valence-corrected chi connectivity index (χ0v) is 8.93. The van der Waals surface area contributed by atoms with Gasteiger partial charge in [0.05, 0.1) is 22.2 Å². The van der Waals surface area contributed by atoms with Crippen LogP contribution in [0.25, 0.3) is 10.8 Å². The maximum Gasteiger partial charge on any atom is 0.176 e. The van der Waals surface area contributed by atoms with E-state index in [4.69, 9.17) is 9.52 Å². The third-order valence-electron chi connectivity index (χ3n) is 1.52. The van der Waals surface area contributed by atoms with Crippen molar-refractivity contribution in [2.24, 2.45) is 0 Å². The highest BCUT2D eigenvalue weighted by molar-refractivity contribution is 9.10. The van der Waals surface area contributed by atoms with Gasteiger partial charge in [0, 0.05) is 6.20 Å². The maximum absolute atomic E-state index is 8.85. The zero-order valence-electron chi connectivity index (χ0n) is 6.53. The molecule has 0 bridgehead atoms. The summed E-state index contributed by atoms with van der Waals surface area (Å²) >= 11 is 4.76. The van der Waals surface area contributed by atoms with Crippen LogP contribution in [0.2, 0.25) is 0 Å². The van der Waals surface area contributed by atoms with E-state index >= 15 is 0 Å². The third-order valence-corrected chi connectivity index (χ3v) is 3.13. The van der Waals surface area contributed by atoms with Crippen molar-refractivity contribution in [1.82, 2.24) is 4.98 Å². The lowest BCUT2D eigenvalue weighted by Crippen LogP contribution is -1.70. The fourth-order valence-corrected chi connectivity index (χ4v) is 2.23. The number of nitrogens with zero attached hydrogens (tertiary/aromatic N) is 1. The van der Waals surface area contributed by atoms with Crippen molar-refractivity contribution in [2.45, 2.75) is 6.61 Å². The number of hydrogen-bond donors (Lipinski definition) is 1. The van der Waals surface area contributed by atoms with E-state index in [9.17, 15) is 0 Å². The van der Waals surface area contributed by atoms with Gasteiger partial charge in [-0.1, -0.05) is 0 Å². The topological polar surface area (TPSA) is 46.3 Å². The molecule has 13 heavy (non-hydrogen) atoms. The second kappa shape index (κ2) is 3.61. The summed E-state index contributed by atoms with van der Waals surface area (Å²) in [5.41, 5.74) is 0. The molecule has 0 unspecified atom stereocenters. The fourth-order valence-electron chi connectivity index (χ4n) is 0.932. The van der Waals surface area contributed by atoms with Crippen LogP contribution in [0, 0.1) is 0 Å². The molecule has 2 rings (SSSR count). The van der Waals surface area contributed by atoms with Crippen LogP contribution in [0.3, 0.4) is 0 Å². The summed E-state index contributed by atoms with van der Waals surface area (Å²) in [5.74, 6) is 0.713. The van der Waals surface area contributed by atoms with Gasteiger partial charge >= 0.3 is 0 Å². The molecule has 3 nitrogen and oxygen atoms in total. The molecular weight excluding hydrogens is 254 g/mol. The highest BCUT2D eigenvalue weighted by Gasteiger charge is 2.10. The van der Waals surface area contributed by atoms with Gasteiger partial charge in [0.25, 0.3) is 0 Å². The Hall–Kier alpha value is -0.650. The highest BCUT2D eigenvalue weighted by atomic mass is 79.9. The minimum atomic E-state index is 0.0238. The second-order valence-electron chi connectivity index (χ2n) is 2.39. The molecule has 0 amide bonds. The van der Waals surface area contributed by atoms with Gasteiger partial charge in [-0.15, -0.1) is 11.3 Å². The number of halogens is 1. The average Bonchev–Trinajstić information content (AvgIpc) is 2.71. The predicted molar refractivity (Wildman–Crippen MR) is 53.4 cm³/mol. The lowest BCUT2D eigenvalue weighted by Gasteiger charge is -1.88. The van der Waals surface area contributed by atoms with Crippen molar-refractivity contribution in [3.05, 3.63) is 27.9 Å². The summed E-state index contributed by atoms with van der Waals surface area (Å²) in [5, 5.41) is 9.62. The first-order valence-corrected chi connectivity index (χ1v) is 5.21. The Morgan fingerprint density at radius 2 is 2.46 bits per heavy atom. The number of rotatable bonds is 2. The Labute approximate surface area is 87.2 Å². The molecule has 0 fully saturated rings. The molecule has 2 aromatic rings. The zero-order chi connectivity index (χ0) is 9.26. The molecule has 0 aromatic carbocycles. The van der Waals surface area contributed by atoms with E-state index in [1.807, 2.05) is 6.07 Å². The van der Waals surface area contributed by atoms with E-state index in [1.54, 1.807) is 12.5 Å². The SMILES string of the molecule is OCc1cnc(-c2occc2Br)s1. The van der Waals surface area contributed by atoms with E-state index in [1.165, 1.54) is 11.3 Å². The van der Waals surface area contributed by atoms with Gasteiger partial charge in [0.2, 0.25) is 0 Å². The van der Waals surface area contributed by atoms with Crippen LogP contribution in [0.1, 0.15) is 4.88 Å². The lowest BCUT2D eigenvalue weighted by molar-refractivity contribution is 0.285. The standard InChI is InChI=1S/C8H6BrNO2S/c9-6-1-2-12-7(6)8-10-3-5(4-11)13-8/h1-3,11H,4H2. The maximum atomic E-state index is 8.85. The smallest absolute Gasteiger partial charge is 0.176 e. The third kappa shape index (κ3) is 1.67. The van der Waals surface area contributed by atoms with Gasteiger partial charge < -0.3 is 9.52 Å². The Morgan fingerprint density at radius 1 is 1.62 bits per heavy atom. The number of furan rings is 1. The number of hydrogen-bond acceptors (Lipinski definition) is 4. The average molecular weight is 260 g/mol. The molecule has 68 valence electrons. The van der Waals surface area contributed by atoms with Crippen LogP contribution < -0.4 is 0 Å². The highest BCUT2D eigenvalue weighted by Crippen LogP contribution is 2.32. The number of aliphatic hydroxyl groups is 1. The molecule has 5 heteroatoms. The summed E-state index contributed by atoms with van der Waals surface area (Å²) < 4.78 is 6.11. The molecular formula is C8H6BrNO2S. The molecule has 0 aliphatic heterocycles. The van der Waals surface area contributed by atoms with Gasteiger partial charge in [-0.25, -0.2) is 4.98 Å². The molecule has 0 spiro atoms. The largest absolute Gasteiger partial charge is 0.461 e. The van der Waals surface area contributed by atoms with Crippen molar-refractivity contribution in [2.75, 3.05) is 0 Å². The normalized spacial score (nSPS) is 10.6. The summed E-state index contributed by atoms with van der Waals surface area (Å²) in [6.07, 6.45) is 3.24. The van der Waals surface area contributed by atoms with Crippen LogP contribution >= 0.6 is 27.3 Å². The second-order valence-corrected chi connectivity index (χ2v) is 4.36. The first kappa shape index (κ1) is 8.93. The fraction of sp³-hybridized carbons (Fsp3) is 0.125. The van der Waals surface area contributed by atoms with E-state index in [-0.39, 0.29) is 6.61 Å². The Morgan fingerprint density at radius 3 is 3.00 bits per heavy atom. The molecule has 0 saturated carbocycles. The molecule has 2 aromatic heterocycles. The summed E-state index contributed by atoms with van der Waals surface area (Å²) in [6.45, 7) is 0.0238. The van der Waals surface area contributed by atoms with Crippen molar-refractivity contribution >= 4 is 27.3 Å². The van der Waals surface area contributed by atoms with E-state index in [0.717, 1.165) is 14.4 Å². The first-order valence-electron chi connectivity index (χ1n) is 3.60. The van der Waals surface area contributed by atoms with Gasteiger partial charge in [0.1, 0.15) is 0 Å². The van der Waals surface area contributed by atoms with Crippen molar-refractivity contribution in [3.63, 3.8) is 0 Å². The summed E-state index contributed by atoms with van der Waals surface area (Å²) in [4.78, 5) is 4.96. The summed E-state index contributed by atoms with van der Waals surface area (Å²) in [7, 11) is 0. The molecule has 0 radical (unpaired) electrons. The first-order chi connectivity index (χ1) is 6.31. The molecule has 0 saturated heterocycles. The quantitative estimate of drug-likeness (QED) is 0.902. The Bertz CT molecular complexity index is 410. The van der Waals surface area contributed by atoms with Crippen LogP contribution in [0.15, 0.2) is 27.4 Å². The summed E-state index contributed by atoms with van der Waals surface area (Å²) in [6, 6.07) is 1.81. The van der Waals surface area contributed by atoms with Crippen molar-refractivity contribution in [3.8, 4) is 10.8 Å². The van der Waals surface area contributed by atoms with Crippen molar-refractivity contribution < 1.29 is 9.52 Å². The predicted octanol–water partition coefficient (Wildman–Crippen LogP) is 2.66. The van der Waals surface area contributed by atoms with Gasteiger partial charge in [0.15, 0.2) is 10.8 Å². The minimum Gasteiger partial charge on any atom is -0.461 e. The Kier molecular flexibility index (Phi) is 2.48. The van der Waals surface area contributed by atoms with Crippen LogP contribution in [0.5, 0.6) is 0 Å². The van der Waals surface area contributed by atoms with E-state index in [0.29, 0.717) is 5.76 Å².